The van der Waals surface area contributed by atoms with Gasteiger partial charge in [0, 0.05) is 96.8 Å². The summed E-state index contributed by atoms with van der Waals surface area (Å²) in [6.07, 6.45) is 10.5. The van der Waals surface area contributed by atoms with Gasteiger partial charge in [0.25, 0.3) is 0 Å². The third-order valence-electron chi connectivity index (χ3n) is 15.9. The molecule has 8 aromatic rings. The molecule has 4 aromatic carbocycles. The Balaban J connectivity index is 0.000000189. The van der Waals surface area contributed by atoms with Crippen molar-refractivity contribution in [1.29, 1.82) is 0 Å². The number of ether oxygens (including phenoxy) is 2. The van der Waals surface area contributed by atoms with Gasteiger partial charge in [-0.05, 0) is 97.5 Å². The quantitative estimate of drug-likeness (QED) is 0.0744. The van der Waals surface area contributed by atoms with Crippen molar-refractivity contribution in [1.82, 2.24) is 38.1 Å². The molecule has 0 unspecified atom stereocenters. The highest BCUT2D eigenvalue weighted by molar-refractivity contribution is 7.88. The molecule has 2 N–H and O–H groups in total. The van der Waals surface area contributed by atoms with Crippen LogP contribution < -0.4 is 36.1 Å². The van der Waals surface area contributed by atoms with E-state index in [4.69, 9.17) is 43.4 Å². The molecule has 0 radical (unpaired) electrons. The zero-order valence-corrected chi connectivity index (χ0v) is 51.3. The molecule has 20 nitrogen and oxygen atoms in total. The van der Waals surface area contributed by atoms with Crippen molar-refractivity contribution in [3.8, 4) is 22.9 Å². The molecule has 0 atom stereocenters. The van der Waals surface area contributed by atoms with Crippen molar-refractivity contribution in [2.75, 3.05) is 81.1 Å². The molecule has 4 aliphatic rings. The summed E-state index contributed by atoms with van der Waals surface area (Å²) >= 11 is 12.3. The number of nitrogens with zero attached hydrogens (tertiary/aromatic N) is 11. The minimum Gasteiger partial charge on any atom is -0.486 e. The lowest BCUT2D eigenvalue weighted by molar-refractivity contribution is 0.242. The van der Waals surface area contributed by atoms with E-state index in [1.54, 1.807) is 91.4 Å². The van der Waals surface area contributed by atoms with Gasteiger partial charge in [-0.3, -0.25) is 9.59 Å². The van der Waals surface area contributed by atoms with E-state index in [0.29, 0.717) is 89.1 Å². The predicted octanol–water partition coefficient (Wildman–Crippen LogP) is 8.97. The maximum atomic E-state index is 13.7. The second-order valence-corrected chi connectivity index (χ2v) is 27.7. The van der Waals surface area contributed by atoms with Gasteiger partial charge in [0.2, 0.25) is 31.5 Å². The van der Waals surface area contributed by atoms with Gasteiger partial charge in [0.15, 0.2) is 5.82 Å². The summed E-state index contributed by atoms with van der Waals surface area (Å²) in [7, 11) is -7.22. The maximum Gasteiger partial charge on any atom is 0.316 e. The van der Waals surface area contributed by atoms with Crippen LogP contribution in [0, 0.1) is 10.8 Å². The second kappa shape index (κ2) is 25.8. The van der Waals surface area contributed by atoms with Gasteiger partial charge in [0.1, 0.15) is 17.2 Å². The molecule has 12 rings (SSSR count). The van der Waals surface area contributed by atoms with Crippen LogP contribution in [0.15, 0.2) is 173 Å². The van der Waals surface area contributed by atoms with E-state index < -0.39 is 20.0 Å². The first-order valence-electron chi connectivity index (χ1n) is 28.6. The SMILES string of the molecule is CC1(COc2c(N3CCN(S(=O)(=O)Cc4ccnc(N)c4)CC3)cnn(-c3cccc(Cl)c3)c2=O)CC1.CC1(COc2c(N3CCN(S(=O)(=O)Cc4ccnc(N=C(c5ccccc5)c5ccccc5)c4)CC3)cnn(-c3cccc(Cl)c3)c2=O)CC1. The van der Waals surface area contributed by atoms with Crippen LogP contribution in [0.25, 0.3) is 11.4 Å². The molecule has 24 heteroatoms. The Morgan fingerprint density at radius 2 is 0.977 bits per heavy atom. The Kier molecular flexibility index (Phi) is 18.0. The van der Waals surface area contributed by atoms with Crippen molar-refractivity contribution in [2.24, 2.45) is 15.8 Å². The van der Waals surface area contributed by atoms with Gasteiger partial charge in [-0.25, -0.2) is 31.8 Å². The minimum atomic E-state index is -3.67. The van der Waals surface area contributed by atoms with Crippen LogP contribution in [0.2, 0.25) is 10.0 Å². The number of hydrogen-bond acceptors (Lipinski definition) is 16. The molecule has 2 aliphatic carbocycles. The zero-order chi connectivity index (χ0) is 60.9. The van der Waals surface area contributed by atoms with Gasteiger partial charge < -0.3 is 25.0 Å². The molecule has 2 saturated heterocycles. The van der Waals surface area contributed by atoms with Crippen molar-refractivity contribution in [2.45, 2.75) is 51.0 Å². The van der Waals surface area contributed by atoms with Gasteiger partial charge >= 0.3 is 11.1 Å². The number of aromatic nitrogens is 6. The first-order valence-corrected chi connectivity index (χ1v) is 32.6. The molecule has 4 aromatic heterocycles. The molecule has 87 heavy (non-hydrogen) atoms. The lowest BCUT2D eigenvalue weighted by Gasteiger charge is -2.35. The van der Waals surface area contributed by atoms with Gasteiger partial charge in [-0.15, -0.1) is 0 Å². The van der Waals surface area contributed by atoms with E-state index in [0.717, 1.165) is 42.5 Å². The van der Waals surface area contributed by atoms with Gasteiger partial charge in [-0.2, -0.15) is 28.2 Å². The molecule has 6 heterocycles. The number of benzene rings is 4. The van der Waals surface area contributed by atoms with Crippen molar-refractivity contribution in [3.63, 3.8) is 0 Å². The number of piperazine rings is 2. The van der Waals surface area contributed by atoms with E-state index in [1.165, 1.54) is 24.2 Å². The molecule has 0 amide bonds. The molecule has 2 saturated carbocycles. The number of rotatable bonds is 19. The van der Waals surface area contributed by atoms with Crippen LogP contribution >= 0.6 is 23.2 Å². The summed E-state index contributed by atoms with van der Waals surface area (Å²) in [5.41, 5.74) is 11.0. The Labute approximate surface area is 515 Å². The standard InChI is InChI=1S/C38H37ClN6O4S.C25H29ClN6O4S/c1-38(16-17-38)27-49-36-33(25-41-45(37(36)46)32-14-8-13-31(39)24-32)43-19-21-44(22-20-43)50(47,48)26-28-15-18-40-34(23-28)42-35(29-9-4-2-5-10-29)30-11-6-3-7-12-30;1-25(6-7-25)17-36-23-21(15-29-32(24(23)33)20-4-2-3-19(26)14-20)30-9-11-31(12-10-30)37(34,35)16-18-5-8-28-22(27)13-18/h2-15,18,23-25H,16-17,19-22,26-27H2,1H3;2-5,8,13-15H,6-7,9-12,16-17H2,1H3,(H2,27,28). The Morgan fingerprint density at radius 3 is 1.39 bits per heavy atom. The van der Waals surface area contributed by atoms with Crippen LogP contribution in [-0.4, -0.2) is 126 Å². The maximum absolute atomic E-state index is 13.7. The van der Waals surface area contributed by atoms with E-state index >= 15 is 0 Å². The normalized spacial score (nSPS) is 16.5. The number of nitrogens with two attached hydrogens (primary N) is 1. The minimum absolute atomic E-state index is 0.0451. The second-order valence-electron chi connectivity index (χ2n) is 22.9. The first-order chi connectivity index (χ1) is 41.8. The van der Waals surface area contributed by atoms with Crippen LogP contribution in [0.5, 0.6) is 11.5 Å². The zero-order valence-electron chi connectivity index (χ0n) is 48.2. The van der Waals surface area contributed by atoms with E-state index in [1.807, 2.05) is 70.5 Å². The lowest BCUT2D eigenvalue weighted by atomic mass is 10.0. The molecular weight excluding hydrogens is 1190 g/mol. The largest absolute Gasteiger partial charge is 0.486 e. The highest BCUT2D eigenvalue weighted by atomic mass is 35.5. The molecule has 0 spiro atoms. The molecule has 2 aliphatic heterocycles. The molecular formula is C63H66Cl2N12O8S2. The topological polar surface area (TPSA) is 234 Å². The summed E-state index contributed by atoms with van der Waals surface area (Å²) in [5.74, 6) is 0.798. The highest BCUT2D eigenvalue weighted by Gasteiger charge is 2.40. The van der Waals surface area contributed by atoms with Crippen LogP contribution in [0.1, 0.15) is 61.8 Å². The third kappa shape index (κ3) is 14.9. The summed E-state index contributed by atoms with van der Waals surface area (Å²) in [5, 5.41) is 9.83. The monoisotopic (exact) mass is 1250 g/mol. The van der Waals surface area contributed by atoms with Crippen molar-refractivity contribution < 1.29 is 26.3 Å². The van der Waals surface area contributed by atoms with Gasteiger partial charge in [0.05, 0.1) is 54.2 Å². The third-order valence-corrected chi connectivity index (χ3v) is 20.1. The summed E-state index contributed by atoms with van der Waals surface area (Å²) in [6, 6.07) is 40.2. The lowest BCUT2D eigenvalue weighted by Crippen LogP contribution is -2.49. The average Bonchev–Trinajstić information content (AvgIpc) is 4.07. The summed E-state index contributed by atoms with van der Waals surface area (Å²) < 4.78 is 71.3. The number of halogens is 2. The van der Waals surface area contributed by atoms with E-state index in [9.17, 15) is 26.4 Å². The highest BCUT2D eigenvalue weighted by Crippen LogP contribution is 2.46. The van der Waals surface area contributed by atoms with E-state index in [-0.39, 0.29) is 77.0 Å². The predicted molar refractivity (Wildman–Crippen MR) is 339 cm³/mol. The van der Waals surface area contributed by atoms with Crippen LogP contribution in [-0.2, 0) is 31.6 Å². The Hall–Kier alpha value is -7.99. The van der Waals surface area contributed by atoms with E-state index in [2.05, 4.69) is 34.0 Å². The van der Waals surface area contributed by atoms with Crippen LogP contribution in [0.4, 0.5) is 23.0 Å². The number of aliphatic imine (C=N–C) groups is 1. The number of nitrogen functional groups attached to an aromatic ring is 1. The van der Waals surface area contributed by atoms with Gasteiger partial charge in [-0.1, -0.05) is 110 Å². The summed E-state index contributed by atoms with van der Waals surface area (Å²) in [6.45, 7) is 7.70. The smallest absolute Gasteiger partial charge is 0.316 e. The fraction of sp³-hybridized carbons (Fsp3) is 0.317. The van der Waals surface area contributed by atoms with Crippen LogP contribution in [0.3, 0.4) is 0 Å². The molecule has 452 valence electrons. The fourth-order valence-corrected chi connectivity index (χ4v) is 13.6. The average molecular weight is 1250 g/mol. The number of pyridine rings is 2. The number of anilines is 3. The summed E-state index contributed by atoms with van der Waals surface area (Å²) in [4.78, 5) is 44.4. The molecule has 4 fully saturated rings. The number of hydrogen-bond donors (Lipinski definition) is 1. The molecule has 0 bridgehead atoms. The first kappa shape index (κ1) is 60.7. The van der Waals surface area contributed by atoms with Crippen molar-refractivity contribution in [3.05, 3.63) is 211 Å². The number of sulfonamides is 2. The van der Waals surface area contributed by atoms with Crippen molar-refractivity contribution >= 4 is 72.0 Å². The fourth-order valence-electron chi connectivity index (χ4n) is 10.2. The Bertz CT molecular complexity index is 4130. The Morgan fingerprint density at radius 1 is 0.552 bits per heavy atom.